The first-order valence-electron chi connectivity index (χ1n) is 22.3. The minimum absolute atomic E-state index is 0.0139. The van der Waals surface area contributed by atoms with E-state index >= 15 is 0 Å². The molecule has 0 saturated heterocycles. The van der Waals surface area contributed by atoms with E-state index < -0.39 is 18.1 Å². The molecule has 0 amide bonds. The van der Waals surface area contributed by atoms with Crippen LogP contribution in [0.15, 0.2) is 97.2 Å². The fourth-order valence-electron chi connectivity index (χ4n) is 5.84. The number of rotatable bonds is 38. The summed E-state index contributed by atoms with van der Waals surface area (Å²) in [7, 11) is 5.37. The first kappa shape index (κ1) is 54.2. The van der Waals surface area contributed by atoms with Gasteiger partial charge in [0, 0.05) is 19.3 Å². The normalized spacial score (nSPS) is 13.9. The Balaban J connectivity index is 4.48. The van der Waals surface area contributed by atoms with Crippen LogP contribution in [0.1, 0.15) is 149 Å². The number of allylic oxidation sites excluding steroid dienone is 16. The van der Waals surface area contributed by atoms with Crippen LogP contribution in [0.5, 0.6) is 0 Å². The molecule has 0 rings (SSSR count). The van der Waals surface area contributed by atoms with E-state index in [0.29, 0.717) is 6.42 Å². The standard InChI is InChI=1S/C50H81NO7/c1-6-8-10-12-14-16-18-20-22-24-25-27-29-31-33-35-37-39-41-49(53)58-46(44-56-43-42-47(50(54)55)51(3,4)5)45-57-48(52)40-38-36-34-32-30-28-26-23-21-19-17-15-13-11-9-7-2/h9,11,14-18,20-25,27-28,30,46-47H,6-8,10,12-13,19,26,29,31-45H2,1-5H3/b11-9+,16-14+,17-15+,20-18+,23-21+,24-22+,27-25+,30-28+. The molecule has 0 radical (unpaired) electrons. The Bertz CT molecular complexity index is 1260. The van der Waals surface area contributed by atoms with Gasteiger partial charge in [0.1, 0.15) is 12.6 Å². The molecule has 328 valence electrons. The van der Waals surface area contributed by atoms with Crippen LogP contribution >= 0.6 is 0 Å². The largest absolute Gasteiger partial charge is 0.544 e. The SMILES string of the molecule is CC/C=C/C/C=C/C/C=C/C/C=C/CCCCCC(=O)OCC(COCCC(C(=O)[O-])[N+](C)(C)C)OC(=O)CCCCCCC/C=C/C=C/C=C/C=C/CCCCC. The maximum absolute atomic E-state index is 12.7. The molecule has 0 heterocycles. The molecule has 0 aromatic heterocycles. The summed E-state index contributed by atoms with van der Waals surface area (Å²) in [5, 5.41) is 11.6. The van der Waals surface area contributed by atoms with Crippen LogP contribution in [-0.2, 0) is 28.6 Å². The van der Waals surface area contributed by atoms with Gasteiger partial charge in [-0.15, -0.1) is 0 Å². The molecule has 2 unspecified atom stereocenters. The maximum Gasteiger partial charge on any atom is 0.306 e. The van der Waals surface area contributed by atoms with Gasteiger partial charge in [-0.25, -0.2) is 0 Å². The topological polar surface area (TPSA) is 102 Å². The van der Waals surface area contributed by atoms with Gasteiger partial charge < -0.3 is 28.6 Å². The minimum Gasteiger partial charge on any atom is -0.544 e. The quantitative estimate of drug-likeness (QED) is 0.0201. The second-order valence-corrected chi connectivity index (χ2v) is 15.6. The fourth-order valence-corrected chi connectivity index (χ4v) is 5.84. The Labute approximate surface area is 354 Å². The van der Waals surface area contributed by atoms with Gasteiger partial charge in [0.15, 0.2) is 6.10 Å². The zero-order chi connectivity index (χ0) is 42.8. The van der Waals surface area contributed by atoms with E-state index in [1.807, 2.05) is 12.2 Å². The van der Waals surface area contributed by atoms with Crippen molar-refractivity contribution in [2.45, 2.75) is 161 Å². The number of carboxylic acid groups (broad SMARTS) is 1. The summed E-state index contributed by atoms with van der Waals surface area (Å²) in [6, 6.07) is -0.741. The number of carbonyl (C=O) groups excluding carboxylic acids is 3. The molecule has 0 aliphatic rings. The van der Waals surface area contributed by atoms with Gasteiger partial charge in [0.05, 0.1) is 40.3 Å². The number of quaternary nitrogens is 1. The van der Waals surface area contributed by atoms with E-state index in [9.17, 15) is 19.5 Å². The molecule has 0 aromatic carbocycles. The van der Waals surface area contributed by atoms with Crippen molar-refractivity contribution >= 4 is 17.9 Å². The van der Waals surface area contributed by atoms with Gasteiger partial charge in [-0.2, -0.15) is 0 Å². The molecule has 0 aliphatic carbocycles. The van der Waals surface area contributed by atoms with E-state index in [-0.39, 0.29) is 49.1 Å². The Morgan fingerprint density at radius 1 is 0.552 bits per heavy atom. The molecule has 0 aromatic rings. The van der Waals surface area contributed by atoms with E-state index in [1.54, 1.807) is 21.1 Å². The van der Waals surface area contributed by atoms with Gasteiger partial charge >= 0.3 is 11.9 Å². The molecule has 8 nitrogen and oxygen atoms in total. The van der Waals surface area contributed by atoms with Gasteiger partial charge in [0.25, 0.3) is 0 Å². The number of esters is 2. The van der Waals surface area contributed by atoms with Crippen LogP contribution in [0.4, 0.5) is 0 Å². The van der Waals surface area contributed by atoms with E-state index in [4.69, 9.17) is 14.2 Å². The van der Waals surface area contributed by atoms with Crippen molar-refractivity contribution in [1.29, 1.82) is 0 Å². The molecule has 0 fully saturated rings. The minimum atomic E-state index is -1.14. The number of hydrogen-bond acceptors (Lipinski definition) is 7. The molecule has 0 spiro atoms. The molecule has 2 atom stereocenters. The lowest BCUT2D eigenvalue weighted by atomic mass is 10.1. The molecule has 0 N–H and O–H groups in total. The smallest absolute Gasteiger partial charge is 0.306 e. The lowest BCUT2D eigenvalue weighted by Crippen LogP contribution is -2.55. The number of carbonyl (C=O) groups is 3. The van der Waals surface area contributed by atoms with E-state index in [2.05, 4.69) is 98.9 Å². The lowest BCUT2D eigenvalue weighted by molar-refractivity contribution is -0.889. The number of carboxylic acids is 1. The van der Waals surface area contributed by atoms with Crippen molar-refractivity contribution in [2.75, 3.05) is 41.0 Å². The third kappa shape index (κ3) is 37.8. The summed E-state index contributed by atoms with van der Waals surface area (Å²) in [4.78, 5) is 36.9. The highest BCUT2D eigenvalue weighted by molar-refractivity contribution is 5.70. The summed E-state index contributed by atoms with van der Waals surface area (Å²) in [6.45, 7) is 4.42. The number of hydrogen-bond donors (Lipinski definition) is 0. The van der Waals surface area contributed by atoms with E-state index in [0.717, 1.165) is 96.3 Å². The summed E-state index contributed by atoms with van der Waals surface area (Å²) >= 11 is 0. The highest BCUT2D eigenvalue weighted by Gasteiger charge is 2.25. The fraction of sp³-hybridized carbons (Fsp3) is 0.620. The molecule has 0 aliphatic heterocycles. The molecule has 0 bridgehead atoms. The number of ether oxygens (including phenoxy) is 3. The van der Waals surface area contributed by atoms with Crippen molar-refractivity contribution < 1.29 is 38.2 Å². The number of unbranched alkanes of at least 4 members (excludes halogenated alkanes) is 11. The zero-order valence-electron chi connectivity index (χ0n) is 37.2. The summed E-state index contributed by atoms with van der Waals surface area (Å²) < 4.78 is 17.1. The van der Waals surface area contributed by atoms with E-state index in [1.165, 1.54) is 19.3 Å². The molecular weight excluding hydrogens is 727 g/mol. The van der Waals surface area contributed by atoms with Gasteiger partial charge in [-0.1, -0.05) is 150 Å². The summed E-state index contributed by atoms with van der Waals surface area (Å²) in [5.41, 5.74) is 0. The van der Waals surface area contributed by atoms with Gasteiger partial charge in [-0.05, 0) is 77.0 Å². The van der Waals surface area contributed by atoms with Crippen molar-refractivity contribution in [3.63, 3.8) is 0 Å². The van der Waals surface area contributed by atoms with Crippen LogP contribution in [0.25, 0.3) is 0 Å². The van der Waals surface area contributed by atoms with Crippen LogP contribution in [0.3, 0.4) is 0 Å². The Hall–Kier alpha value is -3.75. The predicted octanol–water partition coefficient (Wildman–Crippen LogP) is 11.0. The lowest BCUT2D eigenvalue weighted by Gasteiger charge is -2.34. The highest BCUT2D eigenvalue weighted by atomic mass is 16.6. The van der Waals surface area contributed by atoms with Crippen molar-refractivity contribution in [3.8, 4) is 0 Å². The number of likely N-dealkylation sites (N-methyl/N-ethyl adjacent to an activating group) is 1. The first-order chi connectivity index (χ1) is 28.1. The number of aliphatic carboxylic acids is 1. The summed E-state index contributed by atoms with van der Waals surface area (Å²) in [5.74, 6) is -1.82. The maximum atomic E-state index is 12.7. The Morgan fingerprint density at radius 2 is 1.03 bits per heavy atom. The Morgan fingerprint density at radius 3 is 1.60 bits per heavy atom. The van der Waals surface area contributed by atoms with Crippen molar-refractivity contribution in [1.82, 2.24) is 0 Å². The second-order valence-electron chi connectivity index (χ2n) is 15.6. The molecule has 58 heavy (non-hydrogen) atoms. The molecular formula is C50H81NO7. The van der Waals surface area contributed by atoms with Crippen molar-refractivity contribution in [2.24, 2.45) is 0 Å². The average Bonchev–Trinajstić information content (AvgIpc) is 3.18. The average molecular weight is 808 g/mol. The molecule has 8 heteroatoms. The van der Waals surface area contributed by atoms with Crippen LogP contribution in [0.2, 0.25) is 0 Å². The van der Waals surface area contributed by atoms with Gasteiger partial charge in [0.2, 0.25) is 0 Å². The second kappa shape index (κ2) is 40.0. The summed E-state index contributed by atoms with van der Waals surface area (Å²) in [6.07, 6.45) is 52.8. The third-order valence-corrected chi connectivity index (χ3v) is 9.30. The van der Waals surface area contributed by atoms with Crippen LogP contribution in [0, 0.1) is 0 Å². The van der Waals surface area contributed by atoms with Crippen LogP contribution < -0.4 is 5.11 Å². The predicted molar refractivity (Wildman–Crippen MR) is 240 cm³/mol. The van der Waals surface area contributed by atoms with Crippen LogP contribution in [-0.4, -0.2) is 75.5 Å². The highest BCUT2D eigenvalue weighted by Crippen LogP contribution is 2.12. The molecule has 0 saturated carbocycles. The van der Waals surface area contributed by atoms with Gasteiger partial charge in [-0.3, -0.25) is 9.59 Å². The first-order valence-corrected chi connectivity index (χ1v) is 22.3. The number of nitrogens with zero attached hydrogens (tertiary/aromatic N) is 1. The third-order valence-electron chi connectivity index (χ3n) is 9.30. The van der Waals surface area contributed by atoms with Crippen molar-refractivity contribution in [3.05, 3.63) is 97.2 Å². The zero-order valence-corrected chi connectivity index (χ0v) is 37.2. The Kier molecular flexibility index (Phi) is 37.5. The monoisotopic (exact) mass is 808 g/mol.